The molecule has 2 aromatic heterocycles. The summed E-state index contributed by atoms with van der Waals surface area (Å²) in [5, 5.41) is 12.1. The van der Waals surface area contributed by atoms with Crippen molar-refractivity contribution in [3.63, 3.8) is 0 Å². The smallest absolute Gasteiger partial charge is 0.137 e. The number of amidine groups is 1. The molecule has 0 spiro atoms. The first kappa shape index (κ1) is 24.9. The van der Waals surface area contributed by atoms with E-state index in [0.29, 0.717) is 0 Å². The topological polar surface area (TPSA) is 54.5 Å². The molecule has 9 rings (SSSR count). The van der Waals surface area contributed by atoms with Crippen molar-refractivity contribution in [3.8, 4) is 5.69 Å². The summed E-state index contributed by atoms with van der Waals surface area (Å²) in [5.41, 5.74) is 8.45. The Balaban J connectivity index is 1.19. The minimum atomic E-state index is -0.201. The molecule has 2 atom stereocenters. The number of para-hydroxylation sites is 2. The Kier molecular flexibility index (Phi) is 5.64. The van der Waals surface area contributed by atoms with Crippen molar-refractivity contribution in [2.75, 3.05) is 0 Å². The van der Waals surface area contributed by atoms with Gasteiger partial charge in [-0.25, -0.2) is 4.99 Å². The van der Waals surface area contributed by atoms with Crippen molar-refractivity contribution < 1.29 is 4.42 Å². The summed E-state index contributed by atoms with van der Waals surface area (Å²) >= 11 is 0. The van der Waals surface area contributed by atoms with E-state index in [1.54, 1.807) is 0 Å². The zero-order valence-corrected chi connectivity index (χ0v) is 23.8. The lowest BCUT2D eigenvalue weighted by Gasteiger charge is -2.32. The van der Waals surface area contributed by atoms with E-state index in [0.717, 1.165) is 50.2 Å². The van der Waals surface area contributed by atoms with Crippen LogP contribution in [0.5, 0.6) is 0 Å². The van der Waals surface area contributed by atoms with Crippen molar-refractivity contribution >= 4 is 49.6 Å². The average molecular weight is 569 g/mol. The Hall–Kier alpha value is -5.65. The molecule has 0 bridgehead atoms. The van der Waals surface area contributed by atoms with Crippen LogP contribution in [0, 0.1) is 0 Å². The molecule has 0 saturated heterocycles. The lowest BCUT2D eigenvalue weighted by Crippen LogP contribution is -2.45. The molecule has 44 heavy (non-hydrogen) atoms. The third-order valence-corrected chi connectivity index (χ3v) is 8.69. The van der Waals surface area contributed by atoms with E-state index in [1.807, 2.05) is 24.3 Å². The van der Waals surface area contributed by atoms with Crippen LogP contribution >= 0.6 is 0 Å². The minimum Gasteiger partial charge on any atom is -0.456 e. The molecule has 1 aliphatic rings. The van der Waals surface area contributed by atoms with Crippen LogP contribution in [0.25, 0.3) is 49.4 Å². The molecular weight excluding hydrogens is 540 g/mol. The lowest BCUT2D eigenvalue weighted by molar-refractivity contribution is 0.411. The molecular formula is C39H28N4O. The predicted octanol–water partition coefficient (Wildman–Crippen LogP) is 9.02. The van der Waals surface area contributed by atoms with Crippen LogP contribution < -0.4 is 10.6 Å². The maximum absolute atomic E-state index is 6.57. The number of hydrogen-bond acceptors (Lipinski definition) is 4. The fourth-order valence-corrected chi connectivity index (χ4v) is 6.69. The van der Waals surface area contributed by atoms with E-state index in [-0.39, 0.29) is 12.3 Å². The van der Waals surface area contributed by atoms with Crippen molar-refractivity contribution in [3.05, 3.63) is 162 Å². The summed E-state index contributed by atoms with van der Waals surface area (Å²) in [4.78, 5) is 5.09. The Morgan fingerprint density at radius 1 is 0.591 bits per heavy atom. The van der Waals surface area contributed by atoms with Gasteiger partial charge in [0.15, 0.2) is 0 Å². The van der Waals surface area contributed by atoms with Gasteiger partial charge >= 0.3 is 0 Å². The summed E-state index contributed by atoms with van der Waals surface area (Å²) in [6.45, 7) is 0. The SMILES string of the molecule is c1ccc(C2=NC(c3ccccc3)NC(c3cccc4oc5cc(-n6c7ccccc7c7ccccc76)ccc5c34)N2)cc1. The first-order chi connectivity index (χ1) is 21.8. The number of aliphatic imine (C=N–C) groups is 1. The molecule has 8 aromatic rings. The number of aromatic nitrogens is 1. The molecule has 0 aliphatic carbocycles. The van der Waals surface area contributed by atoms with Gasteiger partial charge in [0.1, 0.15) is 29.3 Å². The number of benzene rings is 6. The predicted molar refractivity (Wildman–Crippen MR) is 179 cm³/mol. The van der Waals surface area contributed by atoms with Crippen molar-refractivity contribution in [1.82, 2.24) is 15.2 Å². The Labute approximate surface area is 254 Å². The maximum atomic E-state index is 6.57. The number of nitrogens with zero attached hydrogens (tertiary/aromatic N) is 2. The third-order valence-electron chi connectivity index (χ3n) is 8.69. The largest absolute Gasteiger partial charge is 0.456 e. The second-order valence-electron chi connectivity index (χ2n) is 11.3. The zero-order valence-electron chi connectivity index (χ0n) is 23.8. The van der Waals surface area contributed by atoms with E-state index in [1.165, 1.54) is 21.8 Å². The lowest BCUT2D eigenvalue weighted by atomic mass is 10.0. The molecule has 5 nitrogen and oxygen atoms in total. The molecule has 6 aromatic carbocycles. The third kappa shape index (κ3) is 3.94. The highest BCUT2D eigenvalue weighted by Gasteiger charge is 2.28. The van der Waals surface area contributed by atoms with Gasteiger partial charge in [-0.1, -0.05) is 109 Å². The van der Waals surface area contributed by atoms with E-state index < -0.39 is 0 Å². The number of rotatable bonds is 4. The molecule has 0 amide bonds. The van der Waals surface area contributed by atoms with Gasteiger partial charge in [-0.15, -0.1) is 0 Å². The fourth-order valence-electron chi connectivity index (χ4n) is 6.69. The van der Waals surface area contributed by atoms with Gasteiger partial charge in [0.2, 0.25) is 0 Å². The van der Waals surface area contributed by atoms with Crippen molar-refractivity contribution in [2.24, 2.45) is 4.99 Å². The van der Waals surface area contributed by atoms with Gasteiger partial charge in [-0.3, -0.25) is 5.32 Å². The second-order valence-corrected chi connectivity index (χ2v) is 11.3. The molecule has 210 valence electrons. The minimum absolute atomic E-state index is 0.186. The normalized spacial score (nSPS) is 16.9. The summed E-state index contributed by atoms with van der Waals surface area (Å²) in [6.07, 6.45) is -0.387. The highest BCUT2D eigenvalue weighted by molar-refractivity contribution is 6.11. The van der Waals surface area contributed by atoms with Gasteiger partial charge in [0, 0.05) is 44.4 Å². The summed E-state index contributed by atoms with van der Waals surface area (Å²) in [5.74, 6) is 0.863. The maximum Gasteiger partial charge on any atom is 0.137 e. The Bertz CT molecular complexity index is 2300. The van der Waals surface area contributed by atoms with Crippen LogP contribution in [0.3, 0.4) is 0 Å². The number of nitrogens with one attached hydrogen (secondary N) is 2. The molecule has 1 aliphatic heterocycles. The highest BCUT2D eigenvalue weighted by atomic mass is 16.3. The van der Waals surface area contributed by atoms with E-state index in [9.17, 15) is 0 Å². The first-order valence-electron chi connectivity index (χ1n) is 15.0. The van der Waals surface area contributed by atoms with Crippen LogP contribution in [-0.4, -0.2) is 10.4 Å². The van der Waals surface area contributed by atoms with Crippen LogP contribution in [0.1, 0.15) is 29.0 Å². The molecule has 0 fully saturated rings. The standard InChI is InChI=1S/C39H28N4O/c1-3-12-25(13-4-1)37-40-38(26-14-5-2-6-15-26)42-39(41-37)31-18-11-21-34-36(31)30-23-22-27(24-35(30)44-34)43-32-19-9-7-16-28(32)29-17-8-10-20-33(29)43/h1-24,37,39,41H,(H,40,42). The summed E-state index contributed by atoms with van der Waals surface area (Å²) < 4.78 is 8.90. The molecule has 0 saturated carbocycles. The number of furan rings is 1. The molecule has 2 N–H and O–H groups in total. The van der Waals surface area contributed by atoms with Crippen molar-refractivity contribution in [1.29, 1.82) is 0 Å². The first-order valence-corrected chi connectivity index (χ1v) is 15.0. The van der Waals surface area contributed by atoms with Gasteiger partial charge in [0.25, 0.3) is 0 Å². The molecule has 0 radical (unpaired) electrons. The molecule has 2 unspecified atom stereocenters. The van der Waals surface area contributed by atoms with Crippen molar-refractivity contribution in [2.45, 2.75) is 12.3 Å². The highest BCUT2D eigenvalue weighted by Crippen LogP contribution is 2.38. The zero-order chi connectivity index (χ0) is 29.0. The quantitative estimate of drug-likeness (QED) is 0.223. The monoisotopic (exact) mass is 568 g/mol. The van der Waals surface area contributed by atoms with Crippen LogP contribution in [0.15, 0.2) is 155 Å². The summed E-state index contributed by atoms with van der Waals surface area (Å²) in [6, 6.07) is 50.8. The van der Waals surface area contributed by atoms with E-state index >= 15 is 0 Å². The van der Waals surface area contributed by atoms with Crippen LogP contribution in [-0.2, 0) is 0 Å². The van der Waals surface area contributed by atoms with Crippen LogP contribution in [0.2, 0.25) is 0 Å². The number of hydrogen-bond donors (Lipinski definition) is 2. The van der Waals surface area contributed by atoms with E-state index in [4.69, 9.17) is 9.41 Å². The van der Waals surface area contributed by atoms with Gasteiger partial charge in [0.05, 0.1) is 11.0 Å². The second kappa shape index (κ2) is 9.97. The average Bonchev–Trinajstić information content (AvgIpc) is 3.64. The fraction of sp³-hybridized carbons (Fsp3) is 0.0513. The van der Waals surface area contributed by atoms with E-state index in [2.05, 4.69) is 137 Å². The Morgan fingerprint density at radius 2 is 1.27 bits per heavy atom. The van der Waals surface area contributed by atoms with Crippen LogP contribution in [0.4, 0.5) is 0 Å². The van der Waals surface area contributed by atoms with Gasteiger partial charge in [-0.05, 0) is 35.9 Å². The Morgan fingerprint density at radius 3 is 2.02 bits per heavy atom. The molecule has 5 heteroatoms. The summed E-state index contributed by atoms with van der Waals surface area (Å²) in [7, 11) is 0. The van der Waals surface area contributed by atoms with Gasteiger partial charge < -0.3 is 14.3 Å². The number of fused-ring (bicyclic) bond motifs is 6. The van der Waals surface area contributed by atoms with Gasteiger partial charge in [-0.2, -0.15) is 0 Å². The molecule has 3 heterocycles.